The minimum absolute atomic E-state index is 0.374. The van der Waals surface area contributed by atoms with E-state index >= 15 is 0 Å². The van der Waals surface area contributed by atoms with Crippen LogP contribution in [0.3, 0.4) is 0 Å². The molecule has 1 N–H and O–H groups in total. The Balaban J connectivity index is 1.46. The van der Waals surface area contributed by atoms with Crippen molar-refractivity contribution in [3.05, 3.63) is 29.8 Å². The van der Waals surface area contributed by atoms with Crippen molar-refractivity contribution in [1.29, 1.82) is 0 Å². The molecule has 2 fully saturated rings. The highest BCUT2D eigenvalue weighted by Gasteiger charge is 2.26. The summed E-state index contributed by atoms with van der Waals surface area (Å²) in [5.41, 5.74) is 1.45. The molecule has 0 radical (unpaired) electrons. The Bertz CT molecular complexity index is 499. The van der Waals surface area contributed by atoms with Crippen LogP contribution in [0.15, 0.2) is 24.3 Å². The second-order valence-corrected chi connectivity index (χ2v) is 8.19. The van der Waals surface area contributed by atoms with E-state index in [2.05, 4.69) is 43.0 Å². The molecular weight excluding hydrogens is 310 g/mol. The molecule has 25 heavy (non-hydrogen) atoms. The van der Waals surface area contributed by atoms with E-state index in [0.29, 0.717) is 25.2 Å². The summed E-state index contributed by atoms with van der Waals surface area (Å²) in [6, 6.07) is 9.70. The fourth-order valence-electron chi connectivity index (χ4n) is 4.60. The zero-order valence-electron chi connectivity index (χ0n) is 16.0. The molecule has 3 nitrogen and oxygen atoms in total. The Labute approximate surface area is 153 Å². The Hall–Kier alpha value is -1.06. The Morgan fingerprint density at radius 1 is 0.960 bits per heavy atom. The number of aliphatic hydroxyl groups excluding tert-OH is 1. The average molecular weight is 346 g/mol. The van der Waals surface area contributed by atoms with E-state index in [1.54, 1.807) is 0 Å². The molecule has 0 unspecified atom stereocenters. The molecule has 1 aliphatic heterocycles. The fraction of sp³-hybridized carbons (Fsp3) is 0.727. The van der Waals surface area contributed by atoms with Gasteiger partial charge in [0.25, 0.3) is 0 Å². The van der Waals surface area contributed by atoms with Gasteiger partial charge >= 0.3 is 0 Å². The molecule has 1 heterocycles. The third kappa shape index (κ3) is 5.21. The summed E-state index contributed by atoms with van der Waals surface area (Å²) in [5, 5.41) is 10.4. The van der Waals surface area contributed by atoms with E-state index in [0.717, 1.165) is 11.7 Å². The summed E-state index contributed by atoms with van der Waals surface area (Å²) in [5.74, 6) is 1.61. The minimum atomic E-state index is -0.430. The summed E-state index contributed by atoms with van der Waals surface area (Å²) < 4.78 is 5.85. The monoisotopic (exact) mass is 345 g/mol. The van der Waals surface area contributed by atoms with E-state index < -0.39 is 6.10 Å². The number of nitrogens with zero attached hydrogens (tertiary/aromatic N) is 1. The van der Waals surface area contributed by atoms with Gasteiger partial charge in [-0.1, -0.05) is 37.8 Å². The number of likely N-dealkylation sites (tertiary alicyclic amines) is 1. The van der Waals surface area contributed by atoms with Crippen molar-refractivity contribution in [1.82, 2.24) is 4.90 Å². The van der Waals surface area contributed by atoms with Crippen LogP contribution in [0.2, 0.25) is 0 Å². The van der Waals surface area contributed by atoms with Gasteiger partial charge in [-0.15, -0.1) is 0 Å². The summed E-state index contributed by atoms with van der Waals surface area (Å²) in [6.45, 7) is 5.63. The smallest absolute Gasteiger partial charge is 0.119 e. The summed E-state index contributed by atoms with van der Waals surface area (Å²) in [7, 11) is 0. The predicted molar refractivity (Wildman–Crippen MR) is 103 cm³/mol. The topological polar surface area (TPSA) is 32.7 Å². The predicted octanol–water partition coefficient (Wildman–Crippen LogP) is 4.74. The number of β-amino-alcohol motifs (C(OH)–C–C–N with tert-alkyl or cyclic N) is 1. The molecule has 3 heteroatoms. The Kier molecular flexibility index (Phi) is 6.77. The largest absolute Gasteiger partial charge is 0.491 e. The van der Waals surface area contributed by atoms with E-state index in [1.807, 2.05) is 0 Å². The normalized spacial score (nSPS) is 27.2. The van der Waals surface area contributed by atoms with Crippen molar-refractivity contribution in [2.75, 3.05) is 13.2 Å². The van der Waals surface area contributed by atoms with E-state index in [1.165, 1.54) is 56.9 Å². The molecule has 0 aromatic heterocycles. The lowest BCUT2D eigenvalue weighted by Crippen LogP contribution is -2.48. The maximum absolute atomic E-state index is 10.4. The molecule has 1 aromatic rings. The van der Waals surface area contributed by atoms with Crippen LogP contribution in [0.4, 0.5) is 0 Å². The lowest BCUT2D eigenvalue weighted by molar-refractivity contribution is 0.0209. The Morgan fingerprint density at radius 3 is 2.24 bits per heavy atom. The van der Waals surface area contributed by atoms with Crippen LogP contribution >= 0.6 is 0 Å². The molecular formula is C22H35NO2. The van der Waals surface area contributed by atoms with Gasteiger partial charge in [0.2, 0.25) is 0 Å². The standard InChI is InChI=1S/C22H35NO2/c1-17-7-6-8-18(2)23(17)15-21(24)16-25-22-13-11-20(12-14-22)19-9-4-3-5-10-19/h11-14,17-19,21,24H,3-10,15-16H2,1-2H3/t17-,18-,21-/m1/s1. The van der Waals surface area contributed by atoms with Crippen molar-refractivity contribution in [2.45, 2.75) is 89.3 Å². The summed E-state index contributed by atoms with van der Waals surface area (Å²) in [4.78, 5) is 2.43. The number of piperidine rings is 1. The zero-order valence-corrected chi connectivity index (χ0v) is 16.0. The first-order valence-electron chi connectivity index (χ1n) is 10.3. The number of aliphatic hydroxyl groups is 1. The van der Waals surface area contributed by atoms with Gasteiger partial charge in [-0.2, -0.15) is 0 Å². The van der Waals surface area contributed by atoms with Crippen molar-refractivity contribution in [3.63, 3.8) is 0 Å². The van der Waals surface area contributed by atoms with Gasteiger partial charge in [-0.3, -0.25) is 4.90 Å². The number of ether oxygens (including phenoxy) is 1. The third-order valence-corrected chi connectivity index (χ3v) is 6.20. The maximum atomic E-state index is 10.4. The minimum Gasteiger partial charge on any atom is -0.491 e. The third-order valence-electron chi connectivity index (χ3n) is 6.20. The molecule has 0 spiro atoms. The maximum Gasteiger partial charge on any atom is 0.119 e. The highest BCUT2D eigenvalue weighted by atomic mass is 16.5. The van der Waals surface area contributed by atoms with Gasteiger partial charge in [-0.25, -0.2) is 0 Å². The molecule has 1 saturated carbocycles. The summed E-state index contributed by atoms with van der Waals surface area (Å²) >= 11 is 0. The SMILES string of the molecule is C[C@@H]1CCC[C@@H](C)N1C[C@@H](O)COc1ccc(C2CCCCC2)cc1. The van der Waals surface area contributed by atoms with Gasteiger partial charge in [0, 0.05) is 18.6 Å². The molecule has 1 aromatic carbocycles. The van der Waals surface area contributed by atoms with Gasteiger partial charge in [0.1, 0.15) is 18.5 Å². The number of hydrogen-bond donors (Lipinski definition) is 1. The van der Waals surface area contributed by atoms with Crippen LogP contribution in [0.5, 0.6) is 5.75 Å². The molecule has 1 aliphatic carbocycles. The van der Waals surface area contributed by atoms with Crippen LogP contribution in [-0.2, 0) is 0 Å². The van der Waals surface area contributed by atoms with E-state index in [4.69, 9.17) is 4.74 Å². The van der Waals surface area contributed by atoms with Gasteiger partial charge in [-0.05, 0) is 63.1 Å². The van der Waals surface area contributed by atoms with E-state index in [-0.39, 0.29) is 0 Å². The average Bonchev–Trinajstić information content (AvgIpc) is 2.64. The van der Waals surface area contributed by atoms with Crippen molar-refractivity contribution >= 4 is 0 Å². The van der Waals surface area contributed by atoms with Crippen molar-refractivity contribution in [3.8, 4) is 5.75 Å². The van der Waals surface area contributed by atoms with Crippen molar-refractivity contribution < 1.29 is 9.84 Å². The number of hydrogen-bond acceptors (Lipinski definition) is 3. The van der Waals surface area contributed by atoms with Crippen molar-refractivity contribution in [2.24, 2.45) is 0 Å². The van der Waals surface area contributed by atoms with Gasteiger partial charge in [0.05, 0.1) is 0 Å². The lowest BCUT2D eigenvalue weighted by atomic mass is 9.84. The van der Waals surface area contributed by atoms with Crippen LogP contribution in [-0.4, -0.2) is 41.3 Å². The second-order valence-electron chi connectivity index (χ2n) is 8.19. The second kappa shape index (κ2) is 9.05. The molecule has 3 atom stereocenters. The number of benzene rings is 1. The quantitative estimate of drug-likeness (QED) is 0.808. The first-order valence-corrected chi connectivity index (χ1v) is 10.3. The first-order chi connectivity index (χ1) is 12.1. The molecule has 0 amide bonds. The highest BCUT2D eigenvalue weighted by molar-refractivity contribution is 5.29. The molecule has 1 saturated heterocycles. The van der Waals surface area contributed by atoms with Crippen LogP contribution in [0.25, 0.3) is 0 Å². The van der Waals surface area contributed by atoms with Gasteiger partial charge < -0.3 is 9.84 Å². The molecule has 2 aliphatic rings. The Morgan fingerprint density at radius 2 is 1.60 bits per heavy atom. The summed E-state index contributed by atoms with van der Waals surface area (Å²) in [6.07, 6.45) is 10.1. The molecule has 140 valence electrons. The van der Waals surface area contributed by atoms with Crippen LogP contribution in [0.1, 0.15) is 76.7 Å². The lowest BCUT2D eigenvalue weighted by Gasteiger charge is -2.40. The molecule has 3 rings (SSSR count). The highest BCUT2D eigenvalue weighted by Crippen LogP contribution is 2.33. The fourth-order valence-corrected chi connectivity index (χ4v) is 4.60. The van der Waals surface area contributed by atoms with Gasteiger partial charge in [0.15, 0.2) is 0 Å². The van der Waals surface area contributed by atoms with Crippen LogP contribution in [0, 0.1) is 0 Å². The first kappa shape index (κ1) is 18.7. The van der Waals surface area contributed by atoms with E-state index in [9.17, 15) is 5.11 Å². The zero-order chi connectivity index (χ0) is 17.6. The molecule has 0 bridgehead atoms. The number of rotatable bonds is 6. The van der Waals surface area contributed by atoms with Crippen LogP contribution < -0.4 is 4.74 Å².